The van der Waals surface area contributed by atoms with Gasteiger partial charge in [0.1, 0.15) is 0 Å². The molecule has 7 rings (SSSR count). The standard InChI is InChI=1S/C54H59N2.Au/c1-50(2,3)39-22-18-34(19-23-39)36-28-37(35-20-24-40(25-21-35)51(4,5)6)30-38(29-36)46-16-15-17-48(55-46)54(13,14)45-33-42(53(10,11)12)32-44-43-31-41(52(7,8)9)26-27-47(43)56-49(44)45;/h15-20,22-29,31-33H,1-14H3;/q-3;+3. The van der Waals surface area contributed by atoms with E-state index in [0.717, 1.165) is 44.7 Å². The van der Waals surface area contributed by atoms with E-state index in [0.29, 0.717) is 0 Å². The summed E-state index contributed by atoms with van der Waals surface area (Å²) in [6.45, 7) is 31.8. The quantitative estimate of drug-likeness (QED) is 0.127. The van der Waals surface area contributed by atoms with Gasteiger partial charge in [0.25, 0.3) is 0 Å². The van der Waals surface area contributed by atoms with Crippen molar-refractivity contribution in [3.05, 3.63) is 149 Å². The number of pyridine rings is 1. The summed E-state index contributed by atoms with van der Waals surface area (Å²) in [7, 11) is 0. The first-order valence-electron chi connectivity index (χ1n) is 20.2. The van der Waals surface area contributed by atoms with Crippen LogP contribution in [0.1, 0.15) is 130 Å². The third-order valence-electron chi connectivity index (χ3n) is 11.6. The smallest absolute Gasteiger partial charge is 0.657 e. The van der Waals surface area contributed by atoms with Gasteiger partial charge in [0.15, 0.2) is 0 Å². The fourth-order valence-electron chi connectivity index (χ4n) is 7.62. The second-order valence-electron chi connectivity index (χ2n) is 20.6. The molecular weight excluding hydrogens is 874 g/mol. The number of rotatable bonds is 5. The maximum absolute atomic E-state index is 5.48. The van der Waals surface area contributed by atoms with Crippen LogP contribution in [0.15, 0.2) is 103 Å². The summed E-state index contributed by atoms with van der Waals surface area (Å²) < 4.78 is 0. The zero-order valence-electron chi connectivity index (χ0n) is 36.5. The van der Waals surface area contributed by atoms with E-state index in [2.05, 4.69) is 212 Å². The van der Waals surface area contributed by atoms with Crippen molar-refractivity contribution in [1.82, 2.24) is 9.97 Å². The molecule has 0 saturated heterocycles. The Morgan fingerprint density at radius 2 is 1.07 bits per heavy atom. The molecule has 0 spiro atoms. The summed E-state index contributed by atoms with van der Waals surface area (Å²) in [5.41, 5.74) is 15.4. The van der Waals surface area contributed by atoms with Crippen LogP contribution in [0.2, 0.25) is 0 Å². The summed E-state index contributed by atoms with van der Waals surface area (Å²) in [5.74, 6) is 0. The van der Waals surface area contributed by atoms with Crippen LogP contribution in [0.5, 0.6) is 0 Å². The number of hydrogen-bond donors (Lipinski definition) is 0. The molecule has 0 unspecified atom stereocenters. The number of benzene rings is 5. The van der Waals surface area contributed by atoms with Gasteiger partial charge in [0, 0.05) is 16.8 Å². The van der Waals surface area contributed by atoms with E-state index in [4.69, 9.17) is 9.97 Å². The van der Waals surface area contributed by atoms with Gasteiger partial charge in [0.05, 0.1) is 0 Å². The third kappa shape index (κ3) is 8.52. The molecule has 0 aliphatic rings. The van der Waals surface area contributed by atoms with Crippen molar-refractivity contribution in [3.8, 4) is 33.5 Å². The van der Waals surface area contributed by atoms with Gasteiger partial charge in [-0.25, -0.2) is 5.56 Å². The number of fused-ring (bicyclic) bond motifs is 3. The van der Waals surface area contributed by atoms with Crippen LogP contribution in [0.4, 0.5) is 0 Å². The minimum absolute atomic E-state index is 0. The summed E-state index contributed by atoms with van der Waals surface area (Å²) in [6, 6.07) is 45.4. The molecule has 0 bridgehead atoms. The molecule has 7 aromatic rings. The SMILES string of the molecule is CC(C)(C)c1c[c-]c(-c2[c-]c(-c3cccc(C(C)(C)c4cc(C(C)(C)C)cc5c4[n-]c4ccc(C(C)(C)C)cc45)n3)cc(-c3ccc(C(C)(C)C)cc3)c2)cc1.[Au+3]. The van der Waals surface area contributed by atoms with Gasteiger partial charge in [-0.15, -0.1) is 34.3 Å². The van der Waals surface area contributed by atoms with Crippen LogP contribution in [-0.4, -0.2) is 4.98 Å². The van der Waals surface area contributed by atoms with Crippen LogP contribution < -0.4 is 4.98 Å². The summed E-state index contributed by atoms with van der Waals surface area (Å²) in [6.07, 6.45) is 0. The summed E-state index contributed by atoms with van der Waals surface area (Å²) >= 11 is 0. The van der Waals surface area contributed by atoms with E-state index in [1.807, 2.05) is 0 Å². The van der Waals surface area contributed by atoms with Crippen molar-refractivity contribution >= 4 is 21.8 Å². The van der Waals surface area contributed by atoms with E-state index in [1.54, 1.807) is 0 Å². The van der Waals surface area contributed by atoms with Crippen molar-refractivity contribution in [2.75, 3.05) is 0 Å². The Labute approximate surface area is 358 Å². The van der Waals surface area contributed by atoms with Crippen molar-refractivity contribution in [3.63, 3.8) is 0 Å². The monoisotopic (exact) mass is 932 g/mol. The average molecular weight is 933 g/mol. The zero-order valence-corrected chi connectivity index (χ0v) is 38.7. The molecule has 0 N–H and O–H groups in total. The third-order valence-corrected chi connectivity index (χ3v) is 11.6. The Morgan fingerprint density at radius 3 is 1.67 bits per heavy atom. The van der Waals surface area contributed by atoms with Gasteiger partial charge in [-0.3, -0.25) is 4.98 Å². The van der Waals surface area contributed by atoms with Gasteiger partial charge in [-0.05, 0) is 60.8 Å². The topological polar surface area (TPSA) is 27.0 Å². The Hall–Kier alpha value is -4.21. The van der Waals surface area contributed by atoms with Crippen molar-refractivity contribution in [2.45, 2.75) is 124 Å². The van der Waals surface area contributed by atoms with Crippen LogP contribution in [0, 0.1) is 12.1 Å². The first kappa shape index (κ1) is 42.4. The van der Waals surface area contributed by atoms with Crippen LogP contribution >= 0.6 is 0 Å². The van der Waals surface area contributed by atoms with E-state index >= 15 is 0 Å². The first-order valence-corrected chi connectivity index (χ1v) is 20.2. The molecule has 0 radical (unpaired) electrons. The van der Waals surface area contributed by atoms with E-state index in [-0.39, 0.29) is 44.0 Å². The number of aromatic nitrogens is 2. The second kappa shape index (κ2) is 14.9. The molecule has 296 valence electrons. The largest absolute Gasteiger partial charge is 3.00 e. The fraction of sp³-hybridized carbons (Fsp3) is 0.352. The number of nitrogens with zero attached hydrogens (tertiary/aromatic N) is 2. The van der Waals surface area contributed by atoms with E-state index in [1.165, 1.54) is 44.2 Å². The maximum Gasteiger partial charge on any atom is 3.00 e. The molecule has 0 aliphatic heterocycles. The Morgan fingerprint density at radius 1 is 0.491 bits per heavy atom. The predicted octanol–water partition coefficient (Wildman–Crippen LogP) is 14.5. The van der Waals surface area contributed by atoms with Crippen LogP contribution in [-0.2, 0) is 49.5 Å². The number of hydrogen-bond acceptors (Lipinski definition) is 1. The molecule has 2 heterocycles. The minimum Gasteiger partial charge on any atom is -0.657 e. The average Bonchev–Trinajstić information content (AvgIpc) is 3.51. The van der Waals surface area contributed by atoms with Gasteiger partial charge < -0.3 is 4.98 Å². The molecule has 2 nitrogen and oxygen atoms in total. The minimum atomic E-state index is -0.445. The second-order valence-corrected chi connectivity index (χ2v) is 20.6. The van der Waals surface area contributed by atoms with Gasteiger partial charge in [-0.1, -0.05) is 175 Å². The molecule has 0 fully saturated rings. The van der Waals surface area contributed by atoms with Crippen molar-refractivity contribution in [2.24, 2.45) is 0 Å². The molecule has 2 aromatic heterocycles. The normalized spacial score (nSPS) is 12.9. The predicted molar refractivity (Wildman–Crippen MR) is 240 cm³/mol. The molecule has 0 atom stereocenters. The van der Waals surface area contributed by atoms with Crippen LogP contribution in [0.25, 0.3) is 55.3 Å². The fourth-order valence-corrected chi connectivity index (χ4v) is 7.62. The van der Waals surface area contributed by atoms with Crippen molar-refractivity contribution in [1.29, 1.82) is 0 Å². The molecule has 0 aliphatic carbocycles. The van der Waals surface area contributed by atoms with Gasteiger partial charge >= 0.3 is 22.4 Å². The zero-order chi connectivity index (χ0) is 40.6. The van der Waals surface area contributed by atoms with Crippen molar-refractivity contribution < 1.29 is 22.4 Å². The molecule has 3 heteroatoms. The molecule has 0 saturated carbocycles. The first-order chi connectivity index (χ1) is 26.0. The molecule has 0 amide bonds. The van der Waals surface area contributed by atoms with Gasteiger partial charge in [-0.2, -0.15) is 35.9 Å². The van der Waals surface area contributed by atoms with Crippen LogP contribution in [0.3, 0.4) is 0 Å². The molecule has 57 heavy (non-hydrogen) atoms. The molecular formula is C54H59AuN2. The Kier molecular flexibility index (Phi) is 11.1. The molecule has 5 aromatic carbocycles. The maximum atomic E-state index is 5.48. The Balaban J connectivity index is 0.00000549. The summed E-state index contributed by atoms with van der Waals surface area (Å²) in [5, 5.41) is 2.44. The van der Waals surface area contributed by atoms with Gasteiger partial charge in [0.2, 0.25) is 0 Å². The summed E-state index contributed by atoms with van der Waals surface area (Å²) in [4.78, 5) is 10.8. The van der Waals surface area contributed by atoms with E-state index < -0.39 is 5.41 Å². The van der Waals surface area contributed by atoms with E-state index in [9.17, 15) is 0 Å². The Bertz CT molecular complexity index is 2480.